The fourth-order valence-electron chi connectivity index (χ4n) is 4.67. The summed E-state index contributed by atoms with van der Waals surface area (Å²) in [4.78, 5) is 21.7. The van der Waals surface area contributed by atoms with Crippen LogP contribution in [0.3, 0.4) is 0 Å². The lowest BCUT2D eigenvalue weighted by molar-refractivity contribution is -0.120. The monoisotopic (exact) mass is 491 g/mol. The van der Waals surface area contributed by atoms with E-state index in [-0.39, 0.29) is 17.5 Å². The number of furan rings is 1. The van der Waals surface area contributed by atoms with Crippen LogP contribution in [-0.2, 0) is 11.3 Å². The number of oxazole rings is 1. The molecule has 1 amide bonds. The van der Waals surface area contributed by atoms with E-state index in [2.05, 4.69) is 40.3 Å². The number of aryl methyl sites for hydroxylation is 1. The fourth-order valence-corrected chi connectivity index (χ4v) is 5.65. The maximum Gasteiger partial charge on any atom is 0.266 e. The Balaban J connectivity index is 1.17. The Kier molecular flexibility index (Phi) is 7.11. The van der Waals surface area contributed by atoms with E-state index in [1.165, 1.54) is 17.1 Å². The molecule has 2 saturated heterocycles. The molecule has 2 aliphatic rings. The number of piperidine rings is 1. The molecule has 0 aliphatic carbocycles. The van der Waals surface area contributed by atoms with E-state index in [4.69, 9.17) is 8.83 Å². The minimum Gasteiger partial charge on any atom is -0.459 e. The van der Waals surface area contributed by atoms with Crippen LogP contribution in [0.15, 0.2) is 45.4 Å². The first kappa shape index (κ1) is 23.5. The quantitative estimate of drug-likeness (QED) is 0.537. The van der Waals surface area contributed by atoms with Crippen LogP contribution < -0.4 is 10.2 Å². The van der Waals surface area contributed by atoms with Crippen molar-refractivity contribution in [2.75, 3.05) is 47.9 Å². The summed E-state index contributed by atoms with van der Waals surface area (Å²) in [6, 6.07) is 11.9. The standard InChI is InChI=1S/C26H29N5O3S/c1-18-15-19(17-30-10-13-35-14-11-30)4-5-21(18)28-24(32)20-6-8-31(9-7-20)26-22(16-27)29-25(34-26)23-3-2-12-33-23/h2-5,12,15,20H,6-11,13-14,17H2,1H3,(H,28,32). The average molecular weight is 492 g/mol. The molecule has 0 atom stereocenters. The molecule has 8 nitrogen and oxygen atoms in total. The molecule has 9 heteroatoms. The van der Waals surface area contributed by atoms with E-state index in [0.29, 0.717) is 43.5 Å². The van der Waals surface area contributed by atoms with Crippen molar-refractivity contribution in [2.24, 2.45) is 5.92 Å². The number of carbonyl (C=O) groups is 1. The molecule has 0 spiro atoms. The lowest BCUT2D eigenvalue weighted by Crippen LogP contribution is -2.38. The second-order valence-corrected chi connectivity index (χ2v) is 10.3. The van der Waals surface area contributed by atoms with Gasteiger partial charge in [0.05, 0.1) is 6.26 Å². The summed E-state index contributed by atoms with van der Waals surface area (Å²) in [5.41, 5.74) is 3.49. The first-order valence-corrected chi connectivity index (χ1v) is 13.2. The van der Waals surface area contributed by atoms with Crippen molar-refractivity contribution in [1.29, 1.82) is 5.26 Å². The van der Waals surface area contributed by atoms with Crippen molar-refractivity contribution >= 4 is 29.2 Å². The largest absolute Gasteiger partial charge is 0.459 e. The molecule has 0 bridgehead atoms. The zero-order valence-corrected chi connectivity index (χ0v) is 20.6. The average Bonchev–Trinajstić information content (AvgIpc) is 3.56. The summed E-state index contributed by atoms with van der Waals surface area (Å²) in [6.07, 6.45) is 2.90. The van der Waals surface area contributed by atoms with Gasteiger partial charge in [-0.25, -0.2) is 0 Å². The predicted octanol–water partition coefficient (Wildman–Crippen LogP) is 4.52. The highest BCUT2D eigenvalue weighted by Crippen LogP contribution is 2.31. The van der Waals surface area contributed by atoms with Crippen molar-refractivity contribution in [3.8, 4) is 17.7 Å². The molecule has 1 N–H and O–H groups in total. The molecule has 0 radical (unpaired) electrons. The summed E-state index contributed by atoms with van der Waals surface area (Å²) >= 11 is 2.02. The van der Waals surface area contributed by atoms with E-state index in [0.717, 1.165) is 30.9 Å². The Bertz CT molecular complexity index is 1200. The topological polar surface area (TPSA) is 98.5 Å². The first-order valence-electron chi connectivity index (χ1n) is 12.0. The summed E-state index contributed by atoms with van der Waals surface area (Å²) in [5, 5.41) is 12.6. The molecule has 182 valence electrons. The number of thioether (sulfide) groups is 1. The number of nitriles is 1. The van der Waals surface area contributed by atoms with Crippen LogP contribution >= 0.6 is 11.8 Å². The van der Waals surface area contributed by atoms with Gasteiger partial charge in [-0.15, -0.1) is 0 Å². The normalized spacial score (nSPS) is 17.3. The summed E-state index contributed by atoms with van der Waals surface area (Å²) in [7, 11) is 0. The zero-order valence-electron chi connectivity index (χ0n) is 19.8. The SMILES string of the molecule is Cc1cc(CN2CCSCC2)ccc1NC(=O)C1CCN(c2oc(-c3ccco3)nc2C#N)CC1. The predicted molar refractivity (Wildman–Crippen MR) is 136 cm³/mol. The molecule has 3 aromatic rings. The molecular formula is C26H29N5O3S. The van der Waals surface area contributed by atoms with Crippen LogP contribution in [0.2, 0.25) is 0 Å². The Morgan fingerprint density at radius 2 is 2.03 bits per heavy atom. The van der Waals surface area contributed by atoms with Gasteiger partial charge in [0, 0.05) is 55.8 Å². The Labute approximate surface area is 209 Å². The second-order valence-electron chi connectivity index (χ2n) is 9.05. The maximum absolute atomic E-state index is 13.0. The minimum atomic E-state index is -0.0887. The molecule has 4 heterocycles. The molecule has 35 heavy (non-hydrogen) atoms. The van der Waals surface area contributed by atoms with Crippen LogP contribution in [0.25, 0.3) is 11.7 Å². The Hall–Kier alpha value is -3.22. The minimum absolute atomic E-state index is 0.0444. The number of anilines is 2. The number of aromatic nitrogens is 1. The highest BCUT2D eigenvalue weighted by molar-refractivity contribution is 7.99. The van der Waals surface area contributed by atoms with E-state index >= 15 is 0 Å². The van der Waals surface area contributed by atoms with E-state index in [1.54, 1.807) is 18.4 Å². The number of benzene rings is 1. The van der Waals surface area contributed by atoms with Gasteiger partial charge in [-0.3, -0.25) is 9.69 Å². The first-order chi connectivity index (χ1) is 17.1. The van der Waals surface area contributed by atoms with Gasteiger partial charge in [-0.1, -0.05) is 12.1 Å². The van der Waals surface area contributed by atoms with Crippen molar-refractivity contribution in [3.05, 3.63) is 53.4 Å². The number of nitrogens with one attached hydrogen (secondary N) is 1. The third kappa shape index (κ3) is 5.39. The van der Waals surface area contributed by atoms with E-state index in [1.807, 2.05) is 22.7 Å². The van der Waals surface area contributed by atoms with Crippen LogP contribution in [0.5, 0.6) is 0 Å². The smallest absolute Gasteiger partial charge is 0.266 e. The molecule has 1 aromatic carbocycles. The van der Waals surface area contributed by atoms with Gasteiger partial charge in [0.1, 0.15) is 6.07 Å². The highest BCUT2D eigenvalue weighted by atomic mass is 32.2. The third-order valence-corrected chi connectivity index (χ3v) is 7.60. The van der Waals surface area contributed by atoms with Gasteiger partial charge >= 0.3 is 0 Å². The lowest BCUT2D eigenvalue weighted by Gasteiger charge is -2.31. The van der Waals surface area contributed by atoms with Crippen molar-refractivity contribution < 1.29 is 13.6 Å². The molecule has 2 aromatic heterocycles. The summed E-state index contributed by atoms with van der Waals surface area (Å²) in [6.45, 7) is 6.51. The Morgan fingerprint density at radius 3 is 2.71 bits per heavy atom. The molecule has 5 rings (SSSR count). The number of hydrogen-bond acceptors (Lipinski definition) is 8. The molecule has 0 saturated carbocycles. The number of amides is 1. The molecule has 2 fully saturated rings. The summed E-state index contributed by atoms with van der Waals surface area (Å²) in [5.74, 6) is 3.57. The van der Waals surface area contributed by atoms with Crippen molar-refractivity contribution in [2.45, 2.75) is 26.3 Å². The van der Waals surface area contributed by atoms with Crippen LogP contribution in [0.1, 0.15) is 29.7 Å². The number of hydrogen-bond donors (Lipinski definition) is 1. The second kappa shape index (κ2) is 10.6. The van der Waals surface area contributed by atoms with Crippen molar-refractivity contribution in [1.82, 2.24) is 9.88 Å². The maximum atomic E-state index is 13.0. The van der Waals surface area contributed by atoms with E-state index < -0.39 is 0 Å². The zero-order chi connectivity index (χ0) is 24.2. The van der Waals surface area contributed by atoms with Crippen LogP contribution in [-0.4, -0.2) is 53.5 Å². The highest BCUT2D eigenvalue weighted by Gasteiger charge is 2.29. The summed E-state index contributed by atoms with van der Waals surface area (Å²) < 4.78 is 11.2. The van der Waals surface area contributed by atoms with Crippen LogP contribution in [0.4, 0.5) is 11.6 Å². The fraction of sp³-hybridized carbons (Fsp3) is 0.423. The van der Waals surface area contributed by atoms with Gasteiger partial charge in [0.2, 0.25) is 17.5 Å². The molecule has 0 unspecified atom stereocenters. The van der Waals surface area contributed by atoms with Gasteiger partial charge in [-0.2, -0.15) is 22.0 Å². The molecular weight excluding hydrogens is 462 g/mol. The van der Waals surface area contributed by atoms with Gasteiger partial charge in [0.15, 0.2) is 5.76 Å². The van der Waals surface area contributed by atoms with E-state index in [9.17, 15) is 10.1 Å². The van der Waals surface area contributed by atoms with Crippen molar-refractivity contribution in [3.63, 3.8) is 0 Å². The number of rotatable bonds is 6. The number of nitrogens with zero attached hydrogens (tertiary/aromatic N) is 4. The van der Waals surface area contributed by atoms with Gasteiger partial charge < -0.3 is 19.1 Å². The Morgan fingerprint density at radius 1 is 1.23 bits per heavy atom. The lowest BCUT2D eigenvalue weighted by atomic mass is 9.95. The van der Waals surface area contributed by atoms with Gasteiger partial charge in [-0.05, 0) is 49.1 Å². The van der Waals surface area contributed by atoms with Crippen LogP contribution in [0, 0.1) is 24.2 Å². The molecule has 2 aliphatic heterocycles. The number of carbonyl (C=O) groups excluding carboxylic acids is 1. The van der Waals surface area contributed by atoms with Gasteiger partial charge in [0.25, 0.3) is 5.89 Å². The third-order valence-electron chi connectivity index (χ3n) is 6.66.